The summed E-state index contributed by atoms with van der Waals surface area (Å²) in [5.74, 6) is 0.333. The first-order chi connectivity index (χ1) is 8.65. The summed E-state index contributed by atoms with van der Waals surface area (Å²) in [7, 11) is 0. The van der Waals surface area contributed by atoms with Gasteiger partial charge in [0.2, 0.25) is 6.23 Å². The molecular formula is C10H12N4O4. The molecule has 0 amide bonds. The maximum Gasteiger partial charge on any atom is 0.346 e. The molecule has 0 saturated carbocycles. The molecular weight excluding hydrogens is 240 g/mol. The van der Waals surface area contributed by atoms with Crippen molar-refractivity contribution in [1.82, 2.24) is 9.97 Å². The number of aromatic amines is 1. The van der Waals surface area contributed by atoms with E-state index < -0.39 is 30.2 Å². The molecule has 1 aliphatic heterocycles. The maximum absolute atomic E-state index is 11.0. The highest BCUT2D eigenvalue weighted by atomic mass is 16.5. The quantitative estimate of drug-likeness (QED) is 0.490. The Morgan fingerprint density at radius 2 is 2.44 bits per heavy atom. The molecule has 1 saturated heterocycles. The number of anilines is 1. The Hall–Kier alpha value is -1.95. The summed E-state index contributed by atoms with van der Waals surface area (Å²) in [4.78, 5) is 20.1. The van der Waals surface area contributed by atoms with Crippen LogP contribution >= 0.6 is 0 Å². The van der Waals surface area contributed by atoms with Gasteiger partial charge in [-0.25, -0.2) is 16.4 Å². The third-order valence-electron chi connectivity index (χ3n) is 2.66. The Morgan fingerprint density at radius 1 is 1.67 bits per heavy atom. The fraction of sp³-hybridized carbons (Fsp3) is 0.500. The Labute approximate surface area is 102 Å². The van der Waals surface area contributed by atoms with Gasteiger partial charge in [-0.1, -0.05) is 0 Å². The van der Waals surface area contributed by atoms with Crippen molar-refractivity contribution in [2.75, 3.05) is 11.9 Å². The molecule has 0 spiro atoms. The van der Waals surface area contributed by atoms with Gasteiger partial charge in [-0.15, -0.1) is 0 Å². The van der Waals surface area contributed by atoms with Gasteiger partial charge in [0, 0.05) is 6.20 Å². The molecule has 0 aliphatic carbocycles. The topological polar surface area (TPSA) is 112 Å². The second kappa shape index (κ2) is 5.14. The third kappa shape index (κ3) is 2.33. The molecule has 0 radical (unpaired) electrons. The Kier molecular flexibility index (Phi) is 3.57. The van der Waals surface area contributed by atoms with Gasteiger partial charge in [-0.05, 0) is 6.07 Å². The second-order valence-electron chi connectivity index (χ2n) is 3.82. The maximum atomic E-state index is 11.0. The van der Waals surface area contributed by atoms with Crippen LogP contribution in [0.25, 0.3) is 4.85 Å². The standard InChI is InChI=1S/C10H12N4O4/c1-11-7-8(16)5(4-15)18-9(7)13-6-2-3-12-10(17)14-6/h2-3,5,7-9,15-16H,4H2,(H2,12,13,14,17)/t5-,7+,8-,9-/m1/s1. The predicted octanol–water partition coefficient (Wildman–Crippen LogP) is -1.45. The number of hydrogen-bond donors (Lipinski definition) is 4. The molecule has 8 heteroatoms. The molecule has 18 heavy (non-hydrogen) atoms. The summed E-state index contributed by atoms with van der Waals surface area (Å²) in [6.45, 7) is 6.64. The molecule has 0 unspecified atom stereocenters. The zero-order valence-electron chi connectivity index (χ0n) is 9.28. The van der Waals surface area contributed by atoms with Crippen LogP contribution in [-0.2, 0) is 4.74 Å². The van der Waals surface area contributed by atoms with Gasteiger partial charge >= 0.3 is 5.69 Å². The number of aliphatic hydroxyl groups excluding tert-OH is 2. The Bertz CT molecular complexity index is 511. The first kappa shape index (κ1) is 12.5. The normalized spacial score (nSPS) is 30.9. The first-order valence-corrected chi connectivity index (χ1v) is 5.28. The highest BCUT2D eigenvalue weighted by Gasteiger charge is 2.48. The fourth-order valence-corrected chi connectivity index (χ4v) is 1.77. The molecule has 96 valence electrons. The van der Waals surface area contributed by atoms with E-state index in [1.54, 1.807) is 0 Å². The number of ether oxygens (including phenoxy) is 1. The van der Waals surface area contributed by atoms with Crippen LogP contribution in [0.15, 0.2) is 17.1 Å². The molecule has 4 N–H and O–H groups in total. The highest BCUT2D eigenvalue weighted by Crippen LogP contribution is 2.24. The number of nitrogens with zero attached hydrogens (tertiary/aromatic N) is 2. The summed E-state index contributed by atoms with van der Waals surface area (Å²) >= 11 is 0. The van der Waals surface area contributed by atoms with Crippen molar-refractivity contribution >= 4 is 5.82 Å². The number of H-pyrrole nitrogens is 1. The van der Waals surface area contributed by atoms with Gasteiger partial charge in [-0.2, -0.15) is 0 Å². The van der Waals surface area contributed by atoms with Gasteiger partial charge in [0.15, 0.2) is 6.10 Å². The van der Waals surface area contributed by atoms with E-state index in [9.17, 15) is 9.90 Å². The average molecular weight is 252 g/mol. The SMILES string of the molecule is [C-]#[N+][C@H]1[C@H](O)[C@@H](CO)O[C@H]1Nc1ccnc(=O)[nH]1. The van der Waals surface area contributed by atoms with E-state index in [2.05, 4.69) is 20.1 Å². The number of aliphatic hydroxyl groups is 2. The van der Waals surface area contributed by atoms with Crippen LogP contribution in [0, 0.1) is 6.57 Å². The lowest BCUT2D eigenvalue weighted by molar-refractivity contribution is -0.0149. The predicted molar refractivity (Wildman–Crippen MR) is 60.6 cm³/mol. The van der Waals surface area contributed by atoms with Gasteiger partial charge in [0.05, 0.1) is 6.61 Å². The lowest BCUT2D eigenvalue weighted by atomic mass is 10.1. The third-order valence-corrected chi connectivity index (χ3v) is 2.66. The van der Waals surface area contributed by atoms with Crippen molar-refractivity contribution in [1.29, 1.82) is 0 Å². The van der Waals surface area contributed by atoms with Crippen LogP contribution in [-0.4, -0.2) is 51.3 Å². The number of aromatic nitrogens is 2. The molecule has 1 aromatic rings. The minimum absolute atomic E-state index is 0.333. The molecule has 2 rings (SSSR count). The number of rotatable bonds is 3. The van der Waals surface area contributed by atoms with Crippen LogP contribution < -0.4 is 11.0 Å². The molecule has 0 aromatic carbocycles. The van der Waals surface area contributed by atoms with E-state index in [-0.39, 0.29) is 6.61 Å². The van der Waals surface area contributed by atoms with Gasteiger partial charge in [-0.3, -0.25) is 4.98 Å². The molecule has 1 aliphatic rings. The van der Waals surface area contributed by atoms with E-state index in [0.717, 1.165) is 0 Å². The van der Waals surface area contributed by atoms with Crippen LogP contribution in [0.4, 0.5) is 5.82 Å². The van der Waals surface area contributed by atoms with Crippen molar-refractivity contribution in [3.63, 3.8) is 0 Å². The zero-order valence-corrected chi connectivity index (χ0v) is 9.28. The largest absolute Gasteiger partial charge is 0.394 e. The molecule has 4 atom stereocenters. The fourth-order valence-electron chi connectivity index (χ4n) is 1.77. The summed E-state index contributed by atoms with van der Waals surface area (Å²) in [5, 5.41) is 21.5. The molecule has 1 fully saturated rings. The average Bonchev–Trinajstić information content (AvgIpc) is 2.65. The highest BCUT2D eigenvalue weighted by molar-refractivity contribution is 5.34. The number of nitrogens with one attached hydrogen (secondary N) is 2. The zero-order chi connectivity index (χ0) is 13.1. The summed E-state index contributed by atoms with van der Waals surface area (Å²) in [6, 6.07) is 0.656. The lowest BCUT2D eigenvalue weighted by Crippen LogP contribution is -2.34. The summed E-state index contributed by atoms with van der Waals surface area (Å²) < 4.78 is 5.30. The van der Waals surface area contributed by atoms with Crippen molar-refractivity contribution in [3.8, 4) is 0 Å². The van der Waals surface area contributed by atoms with Crippen molar-refractivity contribution in [3.05, 3.63) is 34.2 Å². The monoisotopic (exact) mass is 252 g/mol. The first-order valence-electron chi connectivity index (χ1n) is 5.28. The van der Waals surface area contributed by atoms with Gasteiger partial charge < -0.3 is 25.1 Å². The van der Waals surface area contributed by atoms with Crippen molar-refractivity contribution in [2.45, 2.75) is 24.5 Å². The molecule has 0 bridgehead atoms. The van der Waals surface area contributed by atoms with E-state index in [1.165, 1.54) is 12.3 Å². The van der Waals surface area contributed by atoms with Crippen LogP contribution in [0.1, 0.15) is 0 Å². The van der Waals surface area contributed by atoms with E-state index in [1.807, 2.05) is 0 Å². The molecule has 8 nitrogen and oxygen atoms in total. The van der Waals surface area contributed by atoms with Crippen molar-refractivity contribution < 1.29 is 14.9 Å². The smallest absolute Gasteiger partial charge is 0.346 e. The lowest BCUT2D eigenvalue weighted by Gasteiger charge is -2.13. The molecule has 1 aromatic heterocycles. The van der Waals surface area contributed by atoms with Gasteiger partial charge in [0.1, 0.15) is 11.9 Å². The molecule has 2 heterocycles. The Morgan fingerprint density at radius 3 is 3.06 bits per heavy atom. The van der Waals surface area contributed by atoms with Crippen LogP contribution in [0.5, 0.6) is 0 Å². The van der Waals surface area contributed by atoms with Crippen LogP contribution in [0.3, 0.4) is 0 Å². The van der Waals surface area contributed by atoms with Crippen molar-refractivity contribution in [2.24, 2.45) is 0 Å². The van der Waals surface area contributed by atoms with Gasteiger partial charge in [0.25, 0.3) is 6.04 Å². The van der Waals surface area contributed by atoms with E-state index >= 15 is 0 Å². The summed E-state index contributed by atoms with van der Waals surface area (Å²) in [5.41, 5.74) is -0.531. The summed E-state index contributed by atoms with van der Waals surface area (Å²) in [6.07, 6.45) is -1.37. The minimum Gasteiger partial charge on any atom is -0.394 e. The van der Waals surface area contributed by atoms with E-state index in [0.29, 0.717) is 5.82 Å². The minimum atomic E-state index is -1.07. The number of hydrogen-bond acceptors (Lipinski definition) is 6. The van der Waals surface area contributed by atoms with Crippen LogP contribution in [0.2, 0.25) is 0 Å². The Balaban J connectivity index is 2.14. The van der Waals surface area contributed by atoms with E-state index in [4.69, 9.17) is 16.4 Å². The second-order valence-corrected chi connectivity index (χ2v) is 3.82.